The van der Waals surface area contributed by atoms with E-state index in [1.54, 1.807) is 0 Å². The van der Waals surface area contributed by atoms with Crippen LogP contribution in [-0.4, -0.2) is 17.9 Å². The Hall–Kier alpha value is -1.55. The molecule has 1 saturated carbocycles. The average Bonchev–Trinajstić information content (AvgIpc) is 2.52. The quantitative estimate of drug-likeness (QED) is 0.847. The number of hydrogen-bond acceptors (Lipinski definition) is 3. The lowest BCUT2D eigenvalue weighted by atomic mass is 9.82. The molecular formula is C16H20ClNO3. The van der Waals surface area contributed by atoms with Crippen molar-refractivity contribution in [2.24, 2.45) is 11.8 Å². The Morgan fingerprint density at radius 1 is 1.14 bits per heavy atom. The molecule has 1 N–H and O–H groups in total. The smallest absolute Gasteiger partial charge is 0.407 e. The van der Waals surface area contributed by atoms with Crippen molar-refractivity contribution in [1.82, 2.24) is 5.32 Å². The molecule has 1 aliphatic carbocycles. The predicted octanol–water partition coefficient (Wildman–Crippen LogP) is 3.48. The van der Waals surface area contributed by atoms with E-state index in [0.717, 1.165) is 31.2 Å². The largest absolute Gasteiger partial charge is 0.445 e. The summed E-state index contributed by atoms with van der Waals surface area (Å²) in [5.41, 5.74) is 0.966. The van der Waals surface area contributed by atoms with E-state index in [2.05, 4.69) is 5.32 Å². The van der Waals surface area contributed by atoms with Gasteiger partial charge in [0, 0.05) is 12.5 Å². The van der Waals surface area contributed by atoms with Gasteiger partial charge in [-0.2, -0.15) is 0 Å². The molecule has 1 aromatic carbocycles. The molecule has 1 fully saturated rings. The van der Waals surface area contributed by atoms with Gasteiger partial charge in [-0.25, -0.2) is 4.79 Å². The van der Waals surface area contributed by atoms with Crippen molar-refractivity contribution in [2.75, 3.05) is 6.54 Å². The van der Waals surface area contributed by atoms with Gasteiger partial charge >= 0.3 is 6.09 Å². The van der Waals surface area contributed by atoms with E-state index in [0.29, 0.717) is 12.5 Å². The van der Waals surface area contributed by atoms with Gasteiger partial charge in [-0.3, -0.25) is 4.79 Å². The highest BCUT2D eigenvalue weighted by Gasteiger charge is 2.25. The van der Waals surface area contributed by atoms with Gasteiger partial charge in [-0.1, -0.05) is 30.3 Å². The predicted molar refractivity (Wildman–Crippen MR) is 80.9 cm³/mol. The minimum atomic E-state index is -0.394. The minimum absolute atomic E-state index is 0.00653. The summed E-state index contributed by atoms with van der Waals surface area (Å²) in [7, 11) is 0. The Morgan fingerprint density at radius 2 is 1.81 bits per heavy atom. The molecule has 5 heteroatoms. The van der Waals surface area contributed by atoms with Crippen LogP contribution < -0.4 is 5.32 Å². The van der Waals surface area contributed by atoms with Crippen molar-refractivity contribution in [3.8, 4) is 0 Å². The van der Waals surface area contributed by atoms with Gasteiger partial charge in [-0.05, 0) is 48.8 Å². The highest BCUT2D eigenvalue weighted by molar-refractivity contribution is 6.63. The number of halogens is 1. The summed E-state index contributed by atoms with van der Waals surface area (Å²) in [6.45, 7) is 0.872. The summed E-state index contributed by atoms with van der Waals surface area (Å²) in [5, 5.41) is 2.55. The Kier molecular flexibility index (Phi) is 6.05. The van der Waals surface area contributed by atoms with Gasteiger partial charge in [0.25, 0.3) is 0 Å². The average molecular weight is 310 g/mol. The summed E-state index contributed by atoms with van der Waals surface area (Å²) in [5.74, 6) is 0.398. The lowest BCUT2D eigenvalue weighted by Crippen LogP contribution is -2.32. The van der Waals surface area contributed by atoms with Crippen LogP contribution in [0, 0.1) is 11.8 Å². The van der Waals surface area contributed by atoms with E-state index in [9.17, 15) is 9.59 Å². The fourth-order valence-corrected chi connectivity index (χ4v) is 2.81. The number of carbonyl (C=O) groups is 2. The number of rotatable bonds is 5. The van der Waals surface area contributed by atoms with Gasteiger partial charge in [0.15, 0.2) is 0 Å². The first-order valence-corrected chi connectivity index (χ1v) is 7.67. The summed E-state index contributed by atoms with van der Waals surface area (Å²) >= 11 is 5.50. The molecule has 0 aromatic heterocycles. The molecule has 2 rings (SSSR count). The first kappa shape index (κ1) is 15.8. The van der Waals surface area contributed by atoms with Crippen LogP contribution in [0.2, 0.25) is 0 Å². The molecule has 4 nitrogen and oxygen atoms in total. The van der Waals surface area contributed by atoms with Gasteiger partial charge in [-0.15, -0.1) is 0 Å². The molecule has 0 atom stereocenters. The van der Waals surface area contributed by atoms with E-state index in [-0.39, 0.29) is 17.8 Å². The topological polar surface area (TPSA) is 55.4 Å². The van der Waals surface area contributed by atoms with E-state index in [1.807, 2.05) is 30.3 Å². The molecule has 0 aliphatic heterocycles. The summed E-state index contributed by atoms with van der Waals surface area (Å²) in [6, 6.07) is 9.57. The summed E-state index contributed by atoms with van der Waals surface area (Å²) < 4.78 is 5.15. The Balaban J connectivity index is 1.62. The minimum Gasteiger partial charge on any atom is -0.445 e. The number of ether oxygens (including phenoxy) is 1. The Bertz CT molecular complexity index is 470. The lowest BCUT2D eigenvalue weighted by molar-refractivity contribution is -0.116. The van der Waals surface area contributed by atoms with Crippen molar-refractivity contribution in [3.05, 3.63) is 35.9 Å². The second kappa shape index (κ2) is 8.03. The molecule has 114 valence electrons. The third kappa shape index (κ3) is 5.38. The number of carbonyl (C=O) groups excluding carboxylic acids is 2. The van der Waals surface area contributed by atoms with Crippen molar-refractivity contribution >= 4 is 22.9 Å². The maximum Gasteiger partial charge on any atom is 0.407 e. The van der Waals surface area contributed by atoms with Crippen LogP contribution in [0.25, 0.3) is 0 Å². The Labute approximate surface area is 129 Å². The fourth-order valence-electron chi connectivity index (χ4n) is 2.60. The SMILES string of the molecule is O=C(NCC1CCC(C(=O)Cl)CC1)OCc1ccccc1. The monoisotopic (exact) mass is 309 g/mol. The van der Waals surface area contributed by atoms with Crippen molar-refractivity contribution in [3.63, 3.8) is 0 Å². The molecule has 0 saturated heterocycles. The van der Waals surface area contributed by atoms with Crippen LogP contribution in [0.1, 0.15) is 31.2 Å². The molecule has 1 aliphatic rings. The van der Waals surface area contributed by atoms with Crippen molar-refractivity contribution < 1.29 is 14.3 Å². The number of hydrogen-bond donors (Lipinski definition) is 1. The molecule has 0 heterocycles. The molecule has 0 unspecified atom stereocenters. The highest BCUT2D eigenvalue weighted by atomic mass is 35.5. The fraction of sp³-hybridized carbons (Fsp3) is 0.500. The summed E-state index contributed by atoms with van der Waals surface area (Å²) in [6.07, 6.45) is 3.07. The Morgan fingerprint density at radius 3 is 2.43 bits per heavy atom. The molecule has 0 bridgehead atoms. The van der Waals surface area contributed by atoms with E-state index in [1.165, 1.54) is 0 Å². The third-order valence-corrected chi connectivity index (χ3v) is 4.22. The van der Waals surface area contributed by atoms with E-state index in [4.69, 9.17) is 16.3 Å². The van der Waals surface area contributed by atoms with Crippen molar-refractivity contribution in [1.29, 1.82) is 0 Å². The molecule has 1 aromatic rings. The highest BCUT2D eigenvalue weighted by Crippen LogP contribution is 2.29. The van der Waals surface area contributed by atoms with Crippen LogP contribution in [0.15, 0.2) is 30.3 Å². The maximum absolute atomic E-state index is 11.6. The van der Waals surface area contributed by atoms with E-state index >= 15 is 0 Å². The zero-order chi connectivity index (χ0) is 15.1. The van der Waals surface area contributed by atoms with Gasteiger partial charge < -0.3 is 10.1 Å². The van der Waals surface area contributed by atoms with Crippen LogP contribution >= 0.6 is 11.6 Å². The first-order chi connectivity index (χ1) is 10.1. The third-order valence-electron chi connectivity index (χ3n) is 3.92. The molecular weight excluding hydrogens is 290 g/mol. The zero-order valence-corrected chi connectivity index (χ0v) is 12.6. The first-order valence-electron chi connectivity index (χ1n) is 7.29. The van der Waals surface area contributed by atoms with Crippen LogP contribution in [0.4, 0.5) is 4.79 Å². The van der Waals surface area contributed by atoms with E-state index < -0.39 is 6.09 Å². The van der Waals surface area contributed by atoms with Gasteiger partial charge in [0.05, 0.1) is 0 Å². The zero-order valence-electron chi connectivity index (χ0n) is 11.9. The normalized spacial score (nSPS) is 21.6. The van der Waals surface area contributed by atoms with Crippen LogP contribution in [0.3, 0.4) is 0 Å². The number of nitrogens with one attached hydrogen (secondary N) is 1. The number of benzene rings is 1. The number of amides is 1. The van der Waals surface area contributed by atoms with Crippen LogP contribution in [-0.2, 0) is 16.1 Å². The summed E-state index contributed by atoms with van der Waals surface area (Å²) in [4.78, 5) is 22.7. The maximum atomic E-state index is 11.6. The van der Waals surface area contributed by atoms with Crippen molar-refractivity contribution in [2.45, 2.75) is 32.3 Å². The van der Waals surface area contributed by atoms with Gasteiger partial charge in [0.1, 0.15) is 6.61 Å². The van der Waals surface area contributed by atoms with Gasteiger partial charge in [0.2, 0.25) is 5.24 Å². The molecule has 21 heavy (non-hydrogen) atoms. The molecule has 1 amide bonds. The second-order valence-electron chi connectivity index (χ2n) is 5.46. The number of alkyl carbamates (subject to hydrolysis) is 1. The second-order valence-corrected chi connectivity index (χ2v) is 5.84. The molecule has 0 spiro atoms. The van der Waals surface area contributed by atoms with Crippen LogP contribution in [0.5, 0.6) is 0 Å². The molecule has 0 radical (unpaired) electrons. The standard InChI is InChI=1S/C16H20ClNO3/c17-15(19)14-8-6-12(7-9-14)10-18-16(20)21-11-13-4-2-1-3-5-13/h1-5,12,14H,6-11H2,(H,18,20). The lowest BCUT2D eigenvalue weighted by Gasteiger charge is -2.26.